The second-order valence-corrected chi connectivity index (χ2v) is 7.08. The molecule has 2 aromatic rings. The van der Waals surface area contributed by atoms with E-state index in [1.165, 1.54) is 12.8 Å². The summed E-state index contributed by atoms with van der Waals surface area (Å²) in [5, 5.41) is 2.95. The number of hydrogen-bond acceptors (Lipinski definition) is 4. The summed E-state index contributed by atoms with van der Waals surface area (Å²) in [6.07, 6.45) is 4.29. The maximum atomic E-state index is 12.5. The minimum atomic E-state index is -0.139. The molecule has 0 bridgehead atoms. The van der Waals surface area contributed by atoms with Gasteiger partial charge in [0.05, 0.1) is 12.7 Å². The Kier molecular flexibility index (Phi) is 5.76. The lowest BCUT2D eigenvalue weighted by Crippen LogP contribution is -2.33. The van der Waals surface area contributed by atoms with Gasteiger partial charge in [-0.1, -0.05) is 24.6 Å². The standard InChI is InChI=1S/C21H27N3O2/c1-15-8-10-24(11-9-15)20-7-5-17(13-22-20)14-23-21(25)18-12-16(2)4-6-19(18)26-3/h4-7,12-13,15H,8-11,14H2,1-3H3,(H,23,25). The van der Waals surface area contributed by atoms with Gasteiger partial charge >= 0.3 is 0 Å². The Labute approximate surface area is 155 Å². The smallest absolute Gasteiger partial charge is 0.255 e. The minimum Gasteiger partial charge on any atom is -0.496 e. The number of aryl methyl sites for hydroxylation is 1. The Morgan fingerprint density at radius 1 is 1.27 bits per heavy atom. The van der Waals surface area contributed by atoms with Crippen LogP contribution in [0.3, 0.4) is 0 Å². The van der Waals surface area contributed by atoms with Crippen LogP contribution in [0.25, 0.3) is 0 Å². The number of rotatable bonds is 5. The molecule has 5 nitrogen and oxygen atoms in total. The lowest BCUT2D eigenvalue weighted by Gasteiger charge is -2.31. The normalized spacial score (nSPS) is 15.0. The van der Waals surface area contributed by atoms with Crippen LogP contribution >= 0.6 is 0 Å². The number of carbonyl (C=O) groups excluding carboxylic acids is 1. The van der Waals surface area contributed by atoms with Gasteiger partial charge in [0.15, 0.2) is 0 Å². The second-order valence-electron chi connectivity index (χ2n) is 7.08. The van der Waals surface area contributed by atoms with Crippen LogP contribution in [0.15, 0.2) is 36.5 Å². The SMILES string of the molecule is COc1ccc(C)cc1C(=O)NCc1ccc(N2CCC(C)CC2)nc1. The van der Waals surface area contributed by atoms with Gasteiger partial charge in [0, 0.05) is 25.8 Å². The van der Waals surface area contributed by atoms with Crippen LogP contribution in [0.1, 0.15) is 41.3 Å². The quantitative estimate of drug-likeness (QED) is 0.893. The first-order valence-electron chi connectivity index (χ1n) is 9.19. The number of carbonyl (C=O) groups is 1. The molecule has 1 aromatic heterocycles. The number of nitrogens with zero attached hydrogens (tertiary/aromatic N) is 2. The number of nitrogens with one attached hydrogen (secondary N) is 1. The van der Waals surface area contributed by atoms with E-state index in [9.17, 15) is 4.79 Å². The molecule has 1 aliphatic rings. The fraction of sp³-hybridized carbons (Fsp3) is 0.429. The maximum Gasteiger partial charge on any atom is 0.255 e. The molecule has 3 rings (SSSR count). The highest BCUT2D eigenvalue weighted by Crippen LogP contribution is 2.22. The lowest BCUT2D eigenvalue weighted by molar-refractivity contribution is 0.0947. The molecule has 26 heavy (non-hydrogen) atoms. The molecule has 1 amide bonds. The topological polar surface area (TPSA) is 54.5 Å². The van der Waals surface area contributed by atoms with E-state index in [0.717, 1.165) is 36.0 Å². The van der Waals surface area contributed by atoms with Gasteiger partial charge < -0.3 is 15.0 Å². The third-order valence-electron chi connectivity index (χ3n) is 4.97. The average molecular weight is 353 g/mol. The van der Waals surface area contributed by atoms with Crippen molar-refractivity contribution in [1.82, 2.24) is 10.3 Å². The molecule has 0 unspecified atom stereocenters. The molecule has 2 heterocycles. The van der Waals surface area contributed by atoms with Gasteiger partial charge in [-0.15, -0.1) is 0 Å². The van der Waals surface area contributed by atoms with Gasteiger partial charge in [0.1, 0.15) is 11.6 Å². The zero-order valence-corrected chi connectivity index (χ0v) is 15.8. The first kappa shape index (κ1) is 18.2. The van der Waals surface area contributed by atoms with Gasteiger partial charge in [-0.3, -0.25) is 4.79 Å². The highest BCUT2D eigenvalue weighted by molar-refractivity contribution is 5.97. The largest absolute Gasteiger partial charge is 0.496 e. The molecule has 138 valence electrons. The molecular weight excluding hydrogens is 326 g/mol. The molecule has 1 aliphatic heterocycles. The minimum absolute atomic E-state index is 0.139. The van der Waals surface area contributed by atoms with Crippen molar-refractivity contribution in [3.05, 3.63) is 53.2 Å². The molecule has 0 aliphatic carbocycles. The van der Waals surface area contributed by atoms with Crippen LogP contribution in [-0.4, -0.2) is 31.1 Å². The van der Waals surface area contributed by atoms with E-state index in [0.29, 0.717) is 17.9 Å². The predicted molar refractivity (Wildman–Crippen MR) is 104 cm³/mol. The van der Waals surface area contributed by atoms with Crippen molar-refractivity contribution < 1.29 is 9.53 Å². The number of anilines is 1. The molecule has 0 saturated carbocycles. The van der Waals surface area contributed by atoms with E-state index in [4.69, 9.17) is 4.74 Å². The number of piperidine rings is 1. The predicted octanol–water partition coefficient (Wildman–Crippen LogP) is 3.56. The summed E-state index contributed by atoms with van der Waals surface area (Å²) in [7, 11) is 1.57. The van der Waals surface area contributed by atoms with Crippen LogP contribution < -0.4 is 15.0 Å². The maximum absolute atomic E-state index is 12.5. The van der Waals surface area contributed by atoms with Crippen LogP contribution in [-0.2, 0) is 6.54 Å². The van der Waals surface area contributed by atoms with Crippen LogP contribution in [0.2, 0.25) is 0 Å². The fourth-order valence-electron chi connectivity index (χ4n) is 3.22. The monoisotopic (exact) mass is 353 g/mol. The number of benzene rings is 1. The number of hydrogen-bond donors (Lipinski definition) is 1. The number of methoxy groups -OCH3 is 1. The third-order valence-corrected chi connectivity index (χ3v) is 4.97. The number of aromatic nitrogens is 1. The summed E-state index contributed by atoms with van der Waals surface area (Å²) in [6.45, 7) is 6.84. The van der Waals surface area contributed by atoms with E-state index in [2.05, 4.69) is 22.1 Å². The van der Waals surface area contributed by atoms with E-state index < -0.39 is 0 Å². The van der Waals surface area contributed by atoms with Crippen molar-refractivity contribution in [2.24, 2.45) is 5.92 Å². The van der Waals surface area contributed by atoms with E-state index >= 15 is 0 Å². The highest BCUT2D eigenvalue weighted by atomic mass is 16.5. The Hall–Kier alpha value is -2.56. The second kappa shape index (κ2) is 8.21. The van der Waals surface area contributed by atoms with Crippen LogP contribution in [0.5, 0.6) is 5.75 Å². The Balaban J connectivity index is 1.60. The van der Waals surface area contributed by atoms with E-state index in [1.54, 1.807) is 7.11 Å². The summed E-state index contributed by atoms with van der Waals surface area (Å²) < 4.78 is 5.29. The first-order chi connectivity index (χ1) is 12.6. The van der Waals surface area contributed by atoms with Gasteiger partial charge in [-0.25, -0.2) is 4.98 Å². The summed E-state index contributed by atoms with van der Waals surface area (Å²) >= 11 is 0. The van der Waals surface area contributed by atoms with Crippen LogP contribution in [0.4, 0.5) is 5.82 Å². The number of ether oxygens (including phenoxy) is 1. The lowest BCUT2D eigenvalue weighted by atomic mass is 9.99. The first-order valence-corrected chi connectivity index (χ1v) is 9.19. The molecule has 0 radical (unpaired) electrons. The Bertz CT molecular complexity index is 750. The molecule has 0 atom stereocenters. The van der Waals surface area contributed by atoms with Crippen molar-refractivity contribution in [3.63, 3.8) is 0 Å². The molecule has 1 N–H and O–H groups in total. The molecule has 0 spiro atoms. The fourth-order valence-corrected chi connectivity index (χ4v) is 3.22. The average Bonchev–Trinajstić information content (AvgIpc) is 2.67. The van der Waals surface area contributed by atoms with Gasteiger partial charge in [-0.2, -0.15) is 0 Å². The van der Waals surface area contributed by atoms with Gasteiger partial charge in [-0.05, 0) is 49.4 Å². The van der Waals surface area contributed by atoms with Gasteiger partial charge in [0.2, 0.25) is 0 Å². The van der Waals surface area contributed by atoms with Gasteiger partial charge in [0.25, 0.3) is 5.91 Å². The highest BCUT2D eigenvalue weighted by Gasteiger charge is 2.17. The molecule has 1 aromatic carbocycles. The van der Waals surface area contributed by atoms with Crippen molar-refractivity contribution >= 4 is 11.7 Å². The Morgan fingerprint density at radius 3 is 2.69 bits per heavy atom. The summed E-state index contributed by atoms with van der Waals surface area (Å²) in [5.74, 6) is 2.27. The van der Waals surface area contributed by atoms with Crippen molar-refractivity contribution in [1.29, 1.82) is 0 Å². The van der Waals surface area contributed by atoms with E-state index in [-0.39, 0.29) is 5.91 Å². The zero-order valence-electron chi connectivity index (χ0n) is 15.8. The van der Waals surface area contributed by atoms with Crippen molar-refractivity contribution in [2.75, 3.05) is 25.1 Å². The summed E-state index contributed by atoms with van der Waals surface area (Å²) in [4.78, 5) is 19.4. The zero-order chi connectivity index (χ0) is 18.5. The summed E-state index contributed by atoms with van der Waals surface area (Å²) in [6, 6.07) is 9.67. The molecule has 1 fully saturated rings. The van der Waals surface area contributed by atoms with Crippen molar-refractivity contribution in [2.45, 2.75) is 33.2 Å². The van der Waals surface area contributed by atoms with Crippen LogP contribution in [0, 0.1) is 12.8 Å². The molecular formula is C21H27N3O2. The summed E-state index contributed by atoms with van der Waals surface area (Å²) in [5.41, 5.74) is 2.57. The third kappa shape index (κ3) is 4.34. The Morgan fingerprint density at radius 2 is 2.04 bits per heavy atom. The van der Waals surface area contributed by atoms with Crippen molar-refractivity contribution in [3.8, 4) is 5.75 Å². The molecule has 1 saturated heterocycles. The van der Waals surface area contributed by atoms with E-state index in [1.807, 2.05) is 43.5 Å². The number of amides is 1. The molecule has 5 heteroatoms. The number of pyridine rings is 1.